The average Bonchev–Trinajstić information content (AvgIpc) is 2.97. The molecule has 0 fully saturated rings. The van der Waals surface area contributed by atoms with Gasteiger partial charge in [-0.3, -0.25) is 4.79 Å². The van der Waals surface area contributed by atoms with Crippen LogP contribution in [0.2, 0.25) is 0 Å². The Balaban J connectivity index is 1.42. The third kappa shape index (κ3) is 4.85. The minimum Gasteiger partial charge on any atom is -0.493 e. The standard InChI is InChI=1S/C30H28N2O6/c1-35-26-14-21(15-27(36-2)29(26)37-3)25-16-23(22-10-6-7-11-24(22)31-25)30(34)38-18-28(33)32-13-12-19-8-4-5-9-20(19)17-32/h4-11,14-16H,12-13,17-18H2,1-3H3. The molecule has 1 amide bonds. The van der Waals surface area contributed by atoms with Gasteiger partial charge in [0.2, 0.25) is 5.75 Å². The van der Waals surface area contributed by atoms with E-state index in [-0.39, 0.29) is 12.5 Å². The molecule has 8 heteroatoms. The second kappa shape index (κ2) is 10.8. The highest BCUT2D eigenvalue weighted by atomic mass is 16.5. The van der Waals surface area contributed by atoms with E-state index >= 15 is 0 Å². The first-order valence-electron chi connectivity index (χ1n) is 12.2. The lowest BCUT2D eigenvalue weighted by Gasteiger charge is -2.28. The molecule has 194 valence electrons. The molecule has 0 aliphatic carbocycles. The van der Waals surface area contributed by atoms with Gasteiger partial charge in [-0.15, -0.1) is 0 Å². The molecule has 4 aromatic rings. The van der Waals surface area contributed by atoms with Crippen LogP contribution in [-0.2, 0) is 22.5 Å². The quantitative estimate of drug-likeness (QED) is 0.333. The summed E-state index contributed by atoms with van der Waals surface area (Å²) < 4.78 is 21.9. The van der Waals surface area contributed by atoms with Crippen molar-refractivity contribution in [1.29, 1.82) is 0 Å². The fraction of sp³-hybridized carbons (Fsp3) is 0.233. The van der Waals surface area contributed by atoms with E-state index in [0.717, 1.165) is 12.0 Å². The molecule has 1 aliphatic rings. The predicted molar refractivity (Wildman–Crippen MR) is 143 cm³/mol. The van der Waals surface area contributed by atoms with Crippen molar-refractivity contribution in [3.05, 3.63) is 83.4 Å². The van der Waals surface area contributed by atoms with E-state index in [9.17, 15) is 9.59 Å². The lowest BCUT2D eigenvalue weighted by molar-refractivity contribution is -0.135. The summed E-state index contributed by atoms with van der Waals surface area (Å²) in [4.78, 5) is 32.7. The van der Waals surface area contributed by atoms with Gasteiger partial charge in [-0.1, -0.05) is 42.5 Å². The number of hydrogen-bond donors (Lipinski definition) is 0. The SMILES string of the molecule is COc1cc(-c2cc(C(=O)OCC(=O)N3CCc4ccccc4C3)c3ccccc3n2)cc(OC)c1OC. The third-order valence-electron chi connectivity index (χ3n) is 6.71. The van der Waals surface area contributed by atoms with Crippen LogP contribution in [-0.4, -0.2) is 56.2 Å². The van der Waals surface area contributed by atoms with E-state index < -0.39 is 5.97 Å². The van der Waals surface area contributed by atoms with Gasteiger partial charge in [0, 0.05) is 24.0 Å². The summed E-state index contributed by atoms with van der Waals surface area (Å²) in [6, 6.07) is 20.6. The second-order valence-electron chi connectivity index (χ2n) is 8.90. The zero-order valence-corrected chi connectivity index (χ0v) is 21.5. The Labute approximate surface area is 220 Å². The molecule has 0 saturated heterocycles. The van der Waals surface area contributed by atoms with Crippen molar-refractivity contribution in [3.63, 3.8) is 0 Å². The zero-order chi connectivity index (χ0) is 26.6. The molecule has 1 aromatic heterocycles. The Morgan fingerprint density at radius 3 is 2.26 bits per heavy atom. The lowest BCUT2D eigenvalue weighted by atomic mass is 10.00. The summed E-state index contributed by atoms with van der Waals surface area (Å²) in [6.45, 7) is 0.768. The Hall–Kier alpha value is -4.59. The van der Waals surface area contributed by atoms with E-state index in [2.05, 4.69) is 6.07 Å². The number of nitrogens with zero attached hydrogens (tertiary/aromatic N) is 2. The van der Waals surface area contributed by atoms with E-state index in [1.807, 2.05) is 36.4 Å². The number of benzene rings is 3. The number of methoxy groups -OCH3 is 3. The highest BCUT2D eigenvalue weighted by Crippen LogP contribution is 2.41. The van der Waals surface area contributed by atoms with Crippen LogP contribution in [0.15, 0.2) is 66.7 Å². The molecule has 0 radical (unpaired) electrons. The predicted octanol–water partition coefficient (Wildman–Crippen LogP) is 4.67. The number of hydrogen-bond acceptors (Lipinski definition) is 7. The van der Waals surface area contributed by atoms with Crippen molar-refractivity contribution < 1.29 is 28.5 Å². The van der Waals surface area contributed by atoms with Crippen LogP contribution in [0.3, 0.4) is 0 Å². The third-order valence-corrected chi connectivity index (χ3v) is 6.71. The fourth-order valence-corrected chi connectivity index (χ4v) is 4.73. The smallest absolute Gasteiger partial charge is 0.339 e. The maximum Gasteiger partial charge on any atom is 0.339 e. The molecule has 38 heavy (non-hydrogen) atoms. The Kier molecular flexibility index (Phi) is 7.13. The molecule has 3 aromatic carbocycles. The highest BCUT2D eigenvalue weighted by Gasteiger charge is 2.23. The molecule has 0 bridgehead atoms. The summed E-state index contributed by atoms with van der Waals surface area (Å²) in [5.74, 6) is 0.571. The van der Waals surface area contributed by atoms with Gasteiger partial charge in [-0.2, -0.15) is 0 Å². The van der Waals surface area contributed by atoms with Gasteiger partial charge in [0.05, 0.1) is 38.1 Å². The number of rotatable bonds is 7. The van der Waals surface area contributed by atoms with Gasteiger partial charge in [0.25, 0.3) is 5.91 Å². The van der Waals surface area contributed by atoms with E-state index in [1.165, 1.54) is 26.9 Å². The summed E-state index contributed by atoms with van der Waals surface area (Å²) in [5, 5.41) is 0.632. The first-order chi connectivity index (χ1) is 18.5. The number of fused-ring (bicyclic) bond motifs is 2. The Bertz CT molecular complexity index is 1490. The molecular formula is C30H28N2O6. The van der Waals surface area contributed by atoms with Crippen molar-refractivity contribution >= 4 is 22.8 Å². The molecular weight excluding hydrogens is 484 g/mol. The summed E-state index contributed by atoms with van der Waals surface area (Å²) in [6.07, 6.45) is 0.781. The lowest BCUT2D eigenvalue weighted by Crippen LogP contribution is -2.38. The maximum atomic E-state index is 13.3. The van der Waals surface area contributed by atoms with E-state index in [1.54, 1.807) is 29.2 Å². The normalized spacial score (nSPS) is 12.6. The van der Waals surface area contributed by atoms with E-state index in [0.29, 0.717) is 58.1 Å². The number of pyridine rings is 1. The van der Waals surface area contributed by atoms with Gasteiger partial charge >= 0.3 is 5.97 Å². The molecule has 0 saturated carbocycles. The maximum absolute atomic E-state index is 13.3. The average molecular weight is 513 g/mol. The Morgan fingerprint density at radius 1 is 0.868 bits per heavy atom. The first-order valence-corrected chi connectivity index (χ1v) is 12.2. The summed E-state index contributed by atoms with van der Waals surface area (Å²) in [7, 11) is 4.61. The fourth-order valence-electron chi connectivity index (χ4n) is 4.73. The molecule has 5 rings (SSSR count). The van der Waals surface area contributed by atoms with Crippen molar-refractivity contribution in [3.8, 4) is 28.5 Å². The number of esters is 1. The van der Waals surface area contributed by atoms with Gasteiger partial charge < -0.3 is 23.8 Å². The molecule has 2 heterocycles. The minimum atomic E-state index is -0.594. The van der Waals surface area contributed by atoms with Crippen LogP contribution in [0.5, 0.6) is 17.2 Å². The van der Waals surface area contributed by atoms with Crippen LogP contribution in [0.4, 0.5) is 0 Å². The summed E-state index contributed by atoms with van der Waals surface area (Å²) in [5.41, 5.74) is 4.49. The highest BCUT2D eigenvalue weighted by molar-refractivity contribution is 6.05. The zero-order valence-electron chi connectivity index (χ0n) is 21.5. The first kappa shape index (κ1) is 25.1. The molecule has 0 N–H and O–H groups in total. The number of amides is 1. The van der Waals surface area contributed by atoms with Crippen molar-refractivity contribution in [2.75, 3.05) is 34.5 Å². The number of carbonyl (C=O) groups is 2. The molecule has 0 unspecified atom stereocenters. The van der Waals surface area contributed by atoms with Crippen LogP contribution in [0.25, 0.3) is 22.2 Å². The van der Waals surface area contributed by atoms with Crippen molar-refractivity contribution in [2.24, 2.45) is 0 Å². The molecule has 1 aliphatic heterocycles. The summed E-state index contributed by atoms with van der Waals surface area (Å²) >= 11 is 0. The Morgan fingerprint density at radius 2 is 1.55 bits per heavy atom. The monoisotopic (exact) mass is 512 g/mol. The van der Waals surface area contributed by atoms with Crippen LogP contribution < -0.4 is 14.2 Å². The number of carbonyl (C=O) groups excluding carboxylic acids is 2. The van der Waals surface area contributed by atoms with Crippen molar-refractivity contribution in [2.45, 2.75) is 13.0 Å². The van der Waals surface area contributed by atoms with Gasteiger partial charge in [0.1, 0.15) is 0 Å². The largest absolute Gasteiger partial charge is 0.493 e. The van der Waals surface area contributed by atoms with Gasteiger partial charge in [-0.05, 0) is 41.8 Å². The van der Waals surface area contributed by atoms with Crippen molar-refractivity contribution in [1.82, 2.24) is 9.88 Å². The van der Waals surface area contributed by atoms with Gasteiger partial charge in [-0.25, -0.2) is 9.78 Å². The van der Waals surface area contributed by atoms with E-state index in [4.69, 9.17) is 23.9 Å². The van der Waals surface area contributed by atoms with Gasteiger partial charge in [0.15, 0.2) is 18.1 Å². The number of ether oxygens (including phenoxy) is 4. The van der Waals surface area contributed by atoms with Crippen LogP contribution >= 0.6 is 0 Å². The molecule has 0 spiro atoms. The number of aromatic nitrogens is 1. The minimum absolute atomic E-state index is 0.226. The topological polar surface area (TPSA) is 87.2 Å². The molecule has 8 nitrogen and oxygen atoms in total. The van der Waals surface area contributed by atoms with Crippen LogP contribution in [0.1, 0.15) is 21.5 Å². The molecule has 0 atom stereocenters. The number of para-hydroxylation sites is 1. The second-order valence-corrected chi connectivity index (χ2v) is 8.90. The van der Waals surface area contributed by atoms with Crippen LogP contribution in [0, 0.1) is 0 Å².